The van der Waals surface area contributed by atoms with Crippen molar-refractivity contribution in [2.75, 3.05) is 25.6 Å². The number of carbonyl (C=O) groups excluding carboxylic acids is 2. The first-order chi connectivity index (χ1) is 18.0. The number of anilines is 1. The van der Waals surface area contributed by atoms with Crippen molar-refractivity contribution >= 4 is 28.4 Å². The highest BCUT2D eigenvalue weighted by Gasteiger charge is 2.16. The Balaban J connectivity index is 1.37. The van der Waals surface area contributed by atoms with Gasteiger partial charge in [-0.1, -0.05) is 25.1 Å². The molecule has 0 bridgehead atoms. The molecule has 0 unspecified atom stereocenters. The molecule has 190 valence electrons. The minimum atomic E-state index is -0.924. The summed E-state index contributed by atoms with van der Waals surface area (Å²) in [6, 6.07) is 18.3. The van der Waals surface area contributed by atoms with Crippen molar-refractivity contribution in [2.45, 2.75) is 13.3 Å². The van der Waals surface area contributed by atoms with E-state index in [1.807, 2.05) is 37.3 Å². The van der Waals surface area contributed by atoms with Crippen LogP contribution in [0.15, 0.2) is 72.9 Å². The number of aryl methyl sites for hydroxylation is 1. The van der Waals surface area contributed by atoms with Crippen LogP contribution in [0, 0.1) is 5.82 Å². The maximum Gasteiger partial charge on any atom is 0.313 e. The number of halogens is 1. The monoisotopic (exact) mass is 503 g/mol. The van der Waals surface area contributed by atoms with Gasteiger partial charge < -0.3 is 24.8 Å². The van der Waals surface area contributed by atoms with E-state index in [1.54, 1.807) is 31.5 Å². The van der Waals surface area contributed by atoms with Gasteiger partial charge in [0.15, 0.2) is 11.6 Å². The van der Waals surface area contributed by atoms with E-state index >= 15 is 0 Å². The molecule has 0 saturated heterocycles. The largest absolute Gasteiger partial charge is 0.496 e. The fraction of sp³-hybridized carbons (Fsp3) is 0.179. The van der Waals surface area contributed by atoms with Gasteiger partial charge in [-0.15, -0.1) is 0 Å². The fourth-order valence-electron chi connectivity index (χ4n) is 3.64. The lowest BCUT2D eigenvalue weighted by atomic mass is 10.1. The van der Waals surface area contributed by atoms with E-state index in [4.69, 9.17) is 14.2 Å². The summed E-state index contributed by atoms with van der Waals surface area (Å²) < 4.78 is 31.6. The predicted molar refractivity (Wildman–Crippen MR) is 138 cm³/mol. The smallest absolute Gasteiger partial charge is 0.313 e. The molecule has 3 aromatic carbocycles. The number of carbonyl (C=O) groups is 2. The van der Waals surface area contributed by atoms with E-state index in [1.165, 1.54) is 12.1 Å². The molecule has 4 aromatic rings. The van der Waals surface area contributed by atoms with Crippen LogP contribution in [0.1, 0.15) is 12.5 Å². The van der Waals surface area contributed by atoms with Crippen LogP contribution in [0.4, 0.5) is 10.1 Å². The molecular formula is C28H26FN3O5. The number of fused-ring (bicyclic) bond motifs is 1. The minimum Gasteiger partial charge on any atom is -0.496 e. The normalized spacial score (nSPS) is 10.6. The third-order valence-electron chi connectivity index (χ3n) is 5.50. The summed E-state index contributed by atoms with van der Waals surface area (Å²) >= 11 is 0. The second-order valence-corrected chi connectivity index (χ2v) is 7.96. The fourth-order valence-corrected chi connectivity index (χ4v) is 3.64. The Hall–Kier alpha value is -4.66. The molecule has 0 aliphatic rings. The number of nitrogens with one attached hydrogen (secondary N) is 2. The Morgan fingerprint density at radius 1 is 0.946 bits per heavy atom. The molecular weight excluding hydrogens is 477 g/mol. The highest BCUT2D eigenvalue weighted by Crippen LogP contribution is 2.35. The molecule has 0 spiro atoms. The quantitative estimate of drug-likeness (QED) is 0.250. The first-order valence-electron chi connectivity index (χ1n) is 11.7. The van der Waals surface area contributed by atoms with Crippen LogP contribution in [0.25, 0.3) is 10.9 Å². The second-order valence-electron chi connectivity index (χ2n) is 7.96. The topological polar surface area (TPSA) is 98.8 Å². The van der Waals surface area contributed by atoms with E-state index in [-0.39, 0.29) is 24.6 Å². The summed E-state index contributed by atoms with van der Waals surface area (Å²) in [5, 5.41) is 5.50. The molecule has 0 saturated carbocycles. The van der Waals surface area contributed by atoms with Crippen LogP contribution in [-0.2, 0) is 16.0 Å². The third-order valence-corrected chi connectivity index (χ3v) is 5.50. The molecule has 8 nitrogen and oxygen atoms in total. The van der Waals surface area contributed by atoms with E-state index in [0.29, 0.717) is 28.2 Å². The lowest BCUT2D eigenvalue weighted by Gasteiger charge is -2.13. The molecule has 2 N–H and O–H groups in total. The summed E-state index contributed by atoms with van der Waals surface area (Å²) in [7, 11) is 1.59. The van der Waals surface area contributed by atoms with Crippen LogP contribution >= 0.6 is 0 Å². The molecule has 1 aromatic heterocycles. The number of pyridine rings is 1. The zero-order chi connectivity index (χ0) is 26.2. The SMILES string of the molecule is CCc1cc2nccc(Oc3ccc(NC(=O)C(=O)NCCOc4ccccc4)cc3F)c2cc1OC. The molecule has 1 heterocycles. The van der Waals surface area contributed by atoms with Crippen LogP contribution < -0.4 is 24.8 Å². The molecule has 0 aliphatic heterocycles. The number of hydrogen-bond acceptors (Lipinski definition) is 6. The van der Waals surface area contributed by atoms with Crippen molar-refractivity contribution in [1.29, 1.82) is 0 Å². The summed E-state index contributed by atoms with van der Waals surface area (Å²) in [6.07, 6.45) is 2.35. The maximum absolute atomic E-state index is 14.8. The number of para-hydroxylation sites is 1. The standard InChI is InChI=1S/C28H26FN3O5/c1-3-18-15-23-21(17-26(18)35-2)24(11-12-30-23)37-25-10-9-19(16-22(25)29)32-28(34)27(33)31-13-14-36-20-7-5-4-6-8-20/h4-12,15-17H,3,13-14H2,1-2H3,(H,31,33)(H,32,34). The molecule has 0 aliphatic carbocycles. The van der Waals surface area contributed by atoms with Gasteiger partial charge in [0.25, 0.3) is 0 Å². The Bertz CT molecular complexity index is 1410. The van der Waals surface area contributed by atoms with E-state index < -0.39 is 17.6 Å². The van der Waals surface area contributed by atoms with E-state index in [9.17, 15) is 14.0 Å². The molecule has 0 radical (unpaired) electrons. The van der Waals surface area contributed by atoms with E-state index in [0.717, 1.165) is 18.1 Å². The van der Waals surface area contributed by atoms with Crippen molar-refractivity contribution in [1.82, 2.24) is 10.3 Å². The van der Waals surface area contributed by atoms with Crippen LogP contribution in [-0.4, -0.2) is 37.1 Å². The Labute approximate surface area is 213 Å². The Morgan fingerprint density at radius 3 is 2.49 bits per heavy atom. The molecule has 2 amide bonds. The average Bonchev–Trinajstić information content (AvgIpc) is 2.92. The predicted octanol–water partition coefficient (Wildman–Crippen LogP) is 4.87. The first kappa shape index (κ1) is 25.4. The van der Waals surface area contributed by atoms with Gasteiger partial charge in [0.05, 0.1) is 19.2 Å². The second kappa shape index (κ2) is 11.9. The van der Waals surface area contributed by atoms with Gasteiger partial charge in [-0.2, -0.15) is 0 Å². The number of amides is 2. The lowest BCUT2D eigenvalue weighted by molar-refractivity contribution is -0.136. The van der Waals surface area contributed by atoms with Gasteiger partial charge >= 0.3 is 11.8 Å². The number of nitrogens with zero attached hydrogens (tertiary/aromatic N) is 1. The Morgan fingerprint density at radius 2 is 1.76 bits per heavy atom. The summed E-state index contributed by atoms with van der Waals surface area (Å²) in [6.45, 7) is 2.34. The van der Waals surface area contributed by atoms with Crippen molar-refractivity contribution in [2.24, 2.45) is 0 Å². The van der Waals surface area contributed by atoms with Gasteiger partial charge in [-0.25, -0.2) is 4.39 Å². The number of rotatable bonds is 9. The number of methoxy groups -OCH3 is 1. The Kier molecular flexibility index (Phi) is 8.15. The summed E-state index contributed by atoms with van der Waals surface area (Å²) in [5.41, 5.74) is 1.80. The van der Waals surface area contributed by atoms with Gasteiger partial charge in [-0.05, 0) is 54.4 Å². The van der Waals surface area contributed by atoms with Gasteiger partial charge in [-0.3, -0.25) is 14.6 Å². The number of ether oxygens (including phenoxy) is 3. The number of aromatic nitrogens is 1. The van der Waals surface area contributed by atoms with Crippen molar-refractivity contribution in [3.8, 4) is 23.0 Å². The van der Waals surface area contributed by atoms with Gasteiger partial charge in [0.2, 0.25) is 0 Å². The molecule has 9 heteroatoms. The summed E-state index contributed by atoms with van der Waals surface area (Å²) in [4.78, 5) is 28.6. The summed E-state index contributed by atoms with van der Waals surface area (Å²) in [5.74, 6) is -0.797. The van der Waals surface area contributed by atoms with Gasteiger partial charge in [0.1, 0.15) is 23.9 Å². The molecule has 37 heavy (non-hydrogen) atoms. The molecule has 4 rings (SSSR count). The highest BCUT2D eigenvalue weighted by molar-refractivity contribution is 6.39. The van der Waals surface area contributed by atoms with Crippen molar-refractivity contribution in [3.05, 3.63) is 84.3 Å². The third kappa shape index (κ3) is 6.32. The van der Waals surface area contributed by atoms with E-state index in [2.05, 4.69) is 15.6 Å². The zero-order valence-corrected chi connectivity index (χ0v) is 20.4. The van der Waals surface area contributed by atoms with Crippen LogP contribution in [0.5, 0.6) is 23.0 Å². The zero-order valence-electron chi connectivity index (χ0n) is 20.4. The average molecular weight is 504 g/mol. The minimum absolute atomic E-state index is 0.0495. The van der Waals surface area contributed by atoms with Gasteiger partial charge in [0, 0.05) is 23.3 Å². The molecule has 0 fully saturated rings. The molecule has 0 atom stereocenters. The number of benzene rings is 3. The highest BCUT2D eigenvalue weighted by atomic mass is 19.1. The lowest BCUT2D eigenvalue weighted by Crippen LogP contribution is -2.37. The van der Waals surface area contributed by atoms with Crippen LogP contribution in [0.2, 0.25) is 0 Å². The number of hydrogen-bond donors (Lipinski definition) is 2. The van der Waals surface area contributed by atoms with Crippen molar-refractivity contribution in [3.63, 3.8) is 0 Å². The maximum atomic E-state index is 14.8. The van der Waals surface area contributed by atoms with Crippen molar-refractivity contribution < 1.29 is 28.2 Å². The first-order valence-corrected chi connectivity index (χ1v) is 11.7. The van der Waals surface area contributed by atoms with Crippen LogP contribution in [0.3, 0.4) is 0 Å².